The molecule has 0 saturated carbocycles. The summed E-state index contributed by atoms with van der Waals surface area (Å²) >= 11 is 1.11. The van der Waals surface area contributed by atoms with Gasteiger partial charge in [0, 0.05) is 6.04 Å². The molecule has 1 aromatic heterocycles. The van der Waals surface area contributed by atoms with Crippen LogP contribution < -0.4 is 14.3 Å². The SMILES string of the molecule is CCc1cc(S(=O)(=O)Nc2ccc3c(c2)sc(=O)n3C(C)C)ccc1OC. The Morgan fingerprint density at radius 1 is 1.19 bits per heavy atom. The van der Waals surface area contributed by atoms with Gasteiger partial charge in [0.25, 0.3) is 10.0 Å². The highest BCUT2D eigenvalue weighted by Gasteiger charge is 2.18. The van der Waals surface area contributed by atoms with Gasteiger partial charge in [0.05, 0.1) is 27.9 Å². The van der Waals surface area contributed by atoms with Crippen molar-refractivity contribution in [2.24, 2.45) is 0 Å². The van der Waals surface area contributed by atoms with Gasteiger partial charge in [0.1, 0.15) is 5.75 Å². The summed E-state index contributed by atoms with van der Waals surface area (Å²) in [7, 11) is -2.18. The molecule has 3 rings (SSSR count). The van der Waals surface area contributed by atoms with E-state index in [9.17, 15) is 13.2 Å². The molecule has 0 unspecified atom stereocenters. The van der Waals surface area contributed by atoms with Crippen LogP contribution in [0.3, 0.4) is 0 Å². The second-order valence-electron chi connectivity index (χ2n) is 6.45. The third-order valence-corrected chi connectivity index (χ3v) is 6.62. The number of fused-ring (bicyclic) bond motifs is 1. The van der Waals surface area contributed by atoms with Crippen LogP contribution in [-0.4, -0.2) is 20.1 Å². The van der Waals surface area contributed by atoms with Crippen molar-refractivity contribution in [2.75, 3.05) is 11.8 Å². The maximum Gasteiger partial charge on any atom is 0.308 e. The zero-order valence-electron chi connectivity index (χ0n) is 15.6. The van der Waals surface area contributed by atoms with Crippen LogP contribution in [-0.2, 0) is 16.4 Å². The molecule has 0 aliphatic heterocycles. The number of methoxy groups -OCH3 is 1. The summed E-state index contributed by atoms with van der Waals surface area (Å²) in [6, 6.07) is 9.99. The molecule has 8 heteroatoms. The highest BCUT2D eigenvalue weighted by molar-refractivity contribution is 7.92. The smallest absolute Gasteiger partial charge is 0.308 e. The summed E-state index contributed by atoms with van der Waals surface area (Å²) in [5.74, 6) is 0.665. The molecule has 0 aliphatic rings. The standard InChI is InChI=1S/C19H22N2O4S2/c1-5-13-10-15(7-9-17(13)25-4)27(23,24)20-14-6-8-16-18(11-14)26-19(22)21(16)12(2)3/h6-12,20H,5H2,1-4H3. The van der Waals surface area contributed by atoms with Crippen LogP contribution >= 0.6 is 11.3 Å². The second kappa shape index (κ2) is 7.36. The van der Waals surface area contributed by atoms with Gasteiger partial charge < -0.3 is 4.74 Å². The molecule has 1 N–H and O–H groups in total. The number of hydrogen-bond donors (Lipinski definition) is 1. The largest absolute Gasteiger partial charge is 0.496 e. The third kappa shape index (κ3) is 3.72. The van der Waals surface area contributed by atoms with Crippen molar-refractivity contribution in [2.45, 2.75) is 38.1 Å². The minimum atomic E-state index is -3.75. The number of aryl methyl sites for hydroxylation is 1. The molecule has 1 heterocycles. The van der Waals surface area contributed by atoms with Gasteiger partial charge in [-0.05, 0) is 62.2 Å². The van der Waals surface area contributed by atoms with E-state index in [2.05, 4.69) is 4.72 Å². The average molecular weight is 407 g/mol. The van der Waals surface area contributed by atoms with Gasteiger partial charge in [0.15, 0.2) is 0 Å². The van der Waals surface area contributed by atoms with Crippen molar-refractivity contribution in [3.8, 4) is 5.75 Å². The van der Waals surface area contributed by atoms with Crippen LogP contribution in [0.15, 0.2) is 46.1 Å². The Morgan fingerprint density at radius 2 is 1.93 bits per heavy atom. The summed E-state index contributed by atoms with van der Waals surface area (Å²) in [5, 5.41) is 0. The van der Waals surface area contributed by atoms with Gasteiger partial charge in [-0.3, -0.25) is 14.1 Å². The minimum Gasteiger partial charge on any atom is -0.496 e. The fourth-order valence-corrected chi connectivity index (χ4v) is 5.15. The van der Waals surface area contributed by atoms with E-state index in [1.54, 1.807) is 42.0 Å². The first-order valence-corrected chi connectivity index (χ1v) is 10.9. The van der Waals surface area contributed by atoms with Crippen LogP contribution in [0.25, 0.3) is 10.2 Å². The number of hydrogen-bond acceptors (Lipinski definition) is 5. The average Bonchev–Trinajstić information content (AvgIpc) is 2.95. The lowest BCUT2D eigenvalue weighted by molar-refractivity contribution is 0.409. The first kappa shape index (κ1) is 19.4. The molecule has 6 nitrogen and oxygen atoms in total. The van der Waals surface area contributed by atoms with Gasteiger partial charge in [-0.2, -0.15) is 0 Å². The summed E-state index contributed by atoms with van der Waals surface area (Å²) in [4.78, 5) is 12.3. The molecule has 0 radical (unpaired) electrons. The van der Waals surface area contributed by atoms with Crippen LogP contribution in [0.1, 0.15) is 32.4 Å². The molecule has 0 atom stereocenters. The predicted octanol–water partition coefficient (Wildman–Crippen LogP) is 4.02. The molecule has 2 aromatic carbocycles. The molecule has 0 spiro atoms. The molecule has 0 aliphatic carbocycles. The van der Waals surface area contributed by atoms with Crippen molar-refractivity contribution < 1.29 is 13.2 Å². The number of anilines is 1. The molecule has 0 fully saturated rings. The fourth-order valence-electron chi connectivity index (χ4n) is 3.00. The number of nitrogens with zero attached hydrogens (tertiary/aromatic N) is 1. The minimum absolute atomic E-state index is 0.0422. The van der Waals surface area contributed by atoms with Crippen molar-refractivity contribution >= 4 is 37.3 Å². The van der Waals surface area contributed by atoms with Gasteiger partial charge in [0.2, 0.25) is 0 Å². The molecular weight excluding hydrogens is 384 g/mol. The Balaban J connectivity index is 1.97. The van der Waals surface area contributed by atoms with Gasteiger partial charge in [-0.15, -0.1) is 0 Å². The van der Waals surface area contributed by atoms with Crippen molar-refractivity contribution in [1.82, 2.24) is 4.57 Å². The zero-order chi connectivity index (χ0) is 19.8. The van der Waals surface area contributed by atoms with E-state index in [1.807, 2.05) is 20.8 Å². The normalized spacial score (nSPS) is 11.9. The molecule has 0 saturated heterocycles. The summed E-state index contributed by atoms with van der Waals surface area (Å²) in [5.41, 5.74) is 2.05. The van der Waals surface area contributed by atoms with Crippen LogP contribution in [0, 0.1) is 0 Å². The van der Waals surface area contributed by atoms with E-state index in [0.717, 1.165) is 27.1 Å². The molecule has 0 amide bonds. The van der Waals surface area contributed by atoms with E-state index in [-0.39, 0.29) is 15.8 Å². The zero-order valence-corrected chi connectivity index (χ0v) is 17.3. The monoisotopic (exact) mass is 406 g/mol. The maximum atomic E-state index is 12.8. The van der Waals surface area contributed by atoms with Crippen molar-refractivity contribution in [3.05, 3.63) is 51.6 Å². The first-order chi connectivity index (χ1) is 12.8. The Morgan fingerprint density at radius 3 is 2.56 bits per heavy atom. The van der Waals surface area contributed by atoms with E-state index < -0.39 is 10.0 Å². The summed E-state index contributed by atoms with van der Waals surface area (Å²) in [6.45, 7) is 5.83. The highest BCUT2D eigenvalue weighted by Crippen LogP contribution is 2.27. The number of ether oxygens (including phenoxy) is 1. The van der Waals surface area contributed by atoms with E-state index in [0.29, 0.717) is 17.9 Å². The lowest BCUT2D eigenvalue weighted by Crippen LogP contribution is -2.15. The first-order valence-electron chi connectivity index (χ1n) is 8.61. The summed E-state index contributed by atoms with van der Waals surface area (Å²) in [6.07, 6.45) is 0.662. The number of benzene rings is 2. The molecule has 0 bridgehead atoms. The highest BCUT2D eigenvalue weighted by atomic mass is 32.2. The quantitative estimate of drug-likeness (QED) is 0.671. The van der Waals surface area contributed by atoms with Crippen LogP contribution in [0.2, 0.25) is 0 Å². The van der Waals surface area contributed by atoms with E-state index >= 15 is 0 Å². The van der Waals surface area contributed by atoms with Crippen LogP contribution in [0.4, 0.5) is 5.69 Å². The summed E-state index contributed by atoms with van der Waals surface area (Å²) < 4.78 is 35.8. The van der Waals surface area contributed by atoms with E-state index in [4.69, 9.17) is 4.74 Å². The fraction of sp³-hybridized carbons (Fsp3) is 0.316. The molecular formula is C19H22N2O4S2. The Labute approximate surface area is 162 Å². The second-order valence-corrected chi connectivity index (χ2v) is 9.12. The molecule has 144 valence electrons. The van der Waals surface area contributed by atoms with Gasteiger partial charge in [-0.1, -0.05) is 18.3 Å². The van der Waals surface area contributed by atoms with E-state index in [1.165, 1.54) is 6.07 Å². The number of nitrogens with one attached hydrogen (secondary N) is 1. The topological polar surface area (TPSA) is 77.4 Å². The van der Waals surface area contributed by atoms with Crippen LogP contribution in [0.5, 0.6) is 5.75 Å². The predicted molar refractivity (Wildman–Crippen MR) is 110 cm³/mol. The molecule has 27 heavy (non-hydrogen) atoms. The van der Waals surface area contributed by atoms with Crippen molar-refractivity contribution in [1.29, 1.82) is 0 Å². The Bertz CT molecular complexity index is 1140. The Hall–Kier alpha value is -2.32. The lowest BCUT2D eigenvalue weighted by atomic mass is 10.1. The number of rotatable bonds is 6. The lowest BCUT2D eigenvalue weighted by Gasteiger charge is -2.12. The van der Waals surface area contributed by atoms with Gasteiger partial charge in [-0.25, -0.2) is 8.42 Å². The van der Waals surface area contributed by atoms with Crippen molar-refractivity contribution in [3.63, 3.8) is 0 Å². The Kier molecular flexibility index (Phi) is 5.30. The number of sulfonamides is 1. The molecule has 3 aromatic rings. The van der Waals surface area contributed by atoms with Gasteiger partial charge >= 0.3 is 4.87 Å². The maximum absolute atomic E-state index is 12.8. The number of aromatic nitrogens is 1. The third-order valence-electron chi connectivity index (χ3n) is 4.32. The number of thiazole rings is 1.